The summed E-state index contributed by atoms with van der Waals surface area (Å²) in [5.41, 5.74) is 11.5. The van der Waals surface area contributed by atoms with Gasteiger partial charge in [0.05, 0.1) is 7.11 Å². The standard InChI is InChI=1S/C30H41O2P2/c1-19-13-22(4)28(23(5)14-19)33(29-24(6)15-20(2)16-25(29)7)11-12-34(31,32-10)30-26(8)17-21(3)18-27(30)9/h13-18,31H,11-12H2,1-10H3/q+1. The van der Waals surface area contributed by atoms with Crippen molar-refractivity contribution >= 4 is 31.6 Å². The van der Waals surface area contributed by atoms with Crippen molar-refractivity contribution in [2.24, 2.45) is 0 Å². The van der Waals surface area contributed by atoms with Crippen LogP contribution in [0.5, 0.6) is 0 Å². The highest BCUT2D eigenvalue weighted by molar-refractivity contribution is 7.77. The van der Waals surface area contributed by atoms with Gasteiger partial charge in [-0.1, -0.05) is 53.1 Å². The fourth-order valence-electron chi connectivity index (χ4n) is 5.79. The van der Waals surface area contributed by atoms with Gasteiger partial charge in [0.1, 0.15) is 6.16 Å². The third-order valence-electron chi connectivity index (χ3n) is 6.72. The highest BCUT2D eigenvalue weighted by Gasteiger charge is 2.43. The molecule has 0 saturated heterocycles. The summed E-state index contributed by atoms with van der Waals surface area (Å²) in [6.45, 7) is 19.6. The second-order valence-corrected chi connectivity index (χ2v) is 14.9. The van der Waals surface area contributed by atoms with Crippen molar-refractivity contribution in [3.63, 3.8) is 0 Å². The van der Waals surface area contributed by atoms with E-state index in [1.54, 1.807) is 7.11 Å². The van der Waals surface area contributed by atoms with E-state index in [4.69, 9.17) is 4.52 Å². The van der Waals surface area contributed by atoms with E-state index in [-0.39, 0.29) is 0 Å². The summed E-state index contributed by atoms with van der Waals surface area (Å²) in [6, 6.07) is 13.6. The number of rotatable bonds is 7. The van der Waals surface area contributed by atoms with Gasteiger partial charge in [-0.25, -0.2) is 9.42 Å². The molecule has 182 valence electrons. The zero-order chi connectivity index (χ0) is 25.4. The van der Waals surface area contributed by atoms with Crippen LogP contribution in [-0.4, -0.2) is 24.3 Å². The molecule has 3 rings (SSSR count). The Labute approximate surface area is 209 Å². The van der Waals surface area contributed by atoms with Crippen LogP contribution in [0.4, 0.5) is 0 Å². The van der Waals surface area contributed by atoms with Gasteiger partial charge < -0.3 is 0 Å². The minimum atomic E-state index is -2.76. The molecule has 0 spiro atoms. The molecule has 0 amide bonds. The van der Waals surface area contributed by atoms with Crippen LogP contribution in [0, 0.1) is 62.3 Å². The van der Waals surface area contributed by atoms with Crippen molar-refractivity contribution in [3.05, 3.63) is 86.5 Å². The van der Waals surface area contributed by atoms with E-state index in [0.717, 1.165) is 22.6 Å². The van der Waals surface area contributed by atoms with Crippen LogP contribution in [0.15, 0.2) is 36.4 Å². The summed E-state index contributed by atoms with van der Waals surface area (Å²) in [5.74, 6) is 0. The quantitative estimate of drug-likeness (QED) is 0.369. The predicted molar refractivity (Wildman–Crippen MR) is 154 cm³/mol. The molecular weight excluding hydrogens is 454 g/mol. The zero-order valence-electron chi connectivity index (χ0n) is 22.6. The van der Waals surface area contributed by atoms with Crippen LogP contribution in [0.2, 0.25) is 0 Å². The molecule has 34 heavy (non-hydrogen) atoms. The summed E-state index contributed by atoms with van der Waals surface area (Å²) < 4.78 is 5.98. The lowest BCUT2D eigenvalue weighted by Gasteiger charge is -2.28. The molecule has 4 heteroatoms. The summed E-state index contributed by atoms with van der Waals surface area (Å²) in [4.78, 5) is 12.0. The van der Waals surface area contributed by atoms with Gasteiger partial charge in [0, 0.05) is 6.16 Å². The third kappa shape index (κ3) is 5.47. The molecule has 0 heterocycles. The third-order valence-corrected chi connectivity index (χ3v) is 13.1. The first-order chi connectivity index (χ1) is 15.9. The summed E-state index contributed by atoms with van der Waals surface area (Å²) in [6.07, 6.45) is 1.55. The lowest BCUT2D eigenvalue weighted by Crippen LogP contribution is -2.27. The number of hydrogen-bond donors (Lipinski definition) is 1. The SMILES string of the molecule is CO[P+](O)(CCP(c1c(C)cc(C)cc1C)c1c(C)cc(C)cc1C)c1c(C)cc(C)cc1C. The highest BCUT2D eigenvalue weighted by atomic mass is 31.2. The van der Waals surface area contributed by atoms with Crippen molar-refractivity contribution < 1.29 is 9.42 Å². The van der Waals surface area contributed by atoms with Gasteiger partial charge in [0.2, 0.25) is 0 Å². The Hall–Kier alpha value is -1.56. The molecular formula is C30H41O2P2+. The second kappa shape index (κ2) is 10.6. The minimum absolute atomic E-state index is 0.652. The first-order valence-electron chi connectivity index (χ1n) is 12.1. The van der Waals surface area contributed by atoms with Crippen molar-refractivity contribution in [1.29, 1.82) is 0 Å². The van der Waals surface area contributed by atoms with Crippen molar-refractivity contribution in [1.82, 2.24) is 0 Å². The van der Waals surface area contributed by atoms with Crippen LogP contribution in [-0.2, 0) is 4.52 Å². The van der Waals surface area contributed by atoms with Gasteiger partial charge in [-0.05, 0) is 114 Å². The van der Waals surface area contributed by atoms with Crippen molar-refractivity contribution in [3.8, 4) is 0 Å². The Morgan fingerprint density at radius 3 is 1.26 bits per heavy atom. The fourth-order valence-corrected chi connectivity index (χ4v) is 12.1. The molecule has 0 aromatic heterocycles. The molecule has 3 aromatic rings. The molecule has 3 aromatic carbocycles. The maximum Gasteiger partial charge on any atom is 0.303 e. The van der Waals surface area contributed by atoms with Gasteiger partial charge >= 0.3 is 7.72 Å². The Bertz CT molecular complexity index is 1090. The Balaban J connectivity index is 2.14. The van der Waals surface area contributed by atoms with Gasteiger partial charge in [0.25, 0.3) is 0 Å². The van der Waals surface area contributed by atoms with E-state index < -0.39 is 15.6 Å². The molecule has 0 bridgehead atoms. The zero-order valence-corrected chi connectivity index (χ0v) is 24.4. The van der Waals surface area contributed by atoms with E-state index in [0.29, 0.717) is 6.16 Å². The molecule has 1 N–H and O–H groups in total. The van der Waals surface area contributed by atoms with E-state index in [9.17, 15) is 4.89 Å². The normalized spacial score (nSPS) is 13.4. The average molecular weight is 496 g/mol. The van der Waals surface area contributed by atoms with Gasteiger partial charge in [0.15, 0.2) is 5.30 Å². The first kappa shape index (κ1) is 27.0. The van der Waals surface area contributed by atoms with Gasteiger partial charge in [-0.2, -0.15) is 0 Å². The average Bonchev–Trinajstić information content (AvgIpc) is 2.69. The Kier molecular flexibility index (Phi) is 8.42. The maximum atomic E-state index is 12.0. The van der Waals surface area contributed by atoms with Gasteiger partial charge in [-0.3, -0.25) is 0 Å². The lowest BCUT2D eigenvalue weighted by molar-refractivity contribution is 0.377. The topological polar surface area (TPSA) is 29.5 Å². The van der Waals surface area contributed by atoms with Crippen LogP contribution in [0.1, 0.15) is 50.1 Å². The van der Waals surface area contributed by atoms with E-state index in [2.05, 4.69) is 98.7 Å². The van der Waals surface area contributed by atoms with Crippen molar-refractivity contribution in [2.75, 3.05) is 19.4 Å². The van der Waals surface area contributed by atoms with Crippen LogP contribution in [0.3, 0.4) is 0 Å². The Morgan fingerprint density at radius 1 is 0.618 bits per heavy atom. The lowest BCUT2D eigenvalue weighted by atomic mass is 10.1. The maximum absolute atomic E-state index is 12.0. The molecule has 0 aliphatic heterocycles. The fraction of sp³-hybridized carbons (Fsp3) is 0.400. The molecule has 0 radical (unpaired) electrons. The second-order valence-electron chi connectivity index (χ2n) is 10.0. The molecule has 2 nitrogen and oxygen atoms in total. The molecule has 0 fully saturated rings. The van der Waals surface area contributed by atoms with Crippen LogP contribution >= 0.6 is 15.6 Å². The molecule has 0 aliphatic rings. The number of hydrogen-bond acceptors (Lipinski definition) is 2. The van der Waals surface area contributed by atoms with E-state index in [1.807, 2.05) is 0 Å². The summed E-state index contributed by atoms with van der Waals surface area (Å²) >= 11 is 0. The van der Waals surface area contributed by atoms with Gasteiger partial charge in [-0.15, -0.1) is 0 Å². The predicted octanol–water partition coefficient (Wildman–Crippen LogP) is 6.71. The highest BCUT2D eigenvalue weighted by Crippen LogP contribution is 2.57. The smallest absolute Gasteiger partial charge is 0.214 e. The summed E-state index contributed by atoms with van der Waals surface area (Å²) in [7, 11) is -1.73. The van der Waals surface area contributed by atoms with E-state index >= 15 is 0 Å². The first-order valence-corrected chi connectivity index (χ1v) is 15.4. The number of aryl methyl sites for hydroxylation is 9. The number of benzene rings is 3. The van der Waals surface area contributed by atoms with Crippen LogP contribution < -0.4 is 15.9 Å². The van der Waals surface area contributed by atoms with Crippen molar-refractivity contribution in [2.45, 2.75) is 62.3 Å². The Morgan fingerprint density at radius 2 is 0.941 bits per heavy atom. The largest absolute Gasteiger partial charge is 0.303 e. The molecule has 1 atom stereocenters. The van der Waals surface area contributed by atoms with Crippen LogP contribution in [0.25, 0.3) is 0 Å². The monoisotopic (exact) mass is 495 g/mol. The van der Waals surface area contributed by atoms with E-state index in [1.165, 1.54) is 49.6 Å². The molecule has 1 unspecified atom stereocenters. The minimum Gasteiger partial charge on any atom is -0.214 e. The molecule has 0 saturated carbocycles. The summed E-state index contributed by atoms with van der Waals surface area (Å²) in [5, 5.41) is 3.93. The molecule has 0 aliphatic carbocycles.